The first kappa shape index (κ1) is 24.5. The average molecular weight is 486 g/mol. The highest BCUT2D eigenvalue weighted by Gasteiger charge is 2.35. The van der Waals surface area contributed by atoms with Gasteiger partial charge >= 0.3 is 0 Å². The molecule has 1 saturated carbocycles. The first-order chi connectivity index (χ1) is 16.4. The fourth-order valence-electron chi connectivity index (χ4n) is 4.87. The van der Waals surface area contributed by atoms with Crippen molar-refractivity contribution in [3.05, 3.63) is 54.1 Å². The van der Waals surface area contributed by atoms with Crippen molar-refractivity contribution >= 4 is 21.6 Å². The molecule has 1 heterocycles. The third-order valence-corrected chi connectivity index (χ3v) is 8.88. The Morgan fingerprint density at radius 1 is 0.941 bits per heavy atom. The van der Waals surface area contributed by atoms with Crippen molar-refractivity contribution in [2.75, 3.05) is 44.7 Å². The number of benzene rings is 2. The van der Waals surface area contributed by atoms with Gasteiger partial charge in [-0.2, -0.15) is 4.31 Å². The number of piperazine rings is 1. The molecular weight excluding hydrogens is 450 g/mol. The molecule has 0 N–H and O–H groups in total. The Labute approximate surface area is 203 Å². The SMILES string of the molecule is COc1ccc(N2CCN(C(=O)CN(C3CCCCC3)S(=O)(=O)c3ccc(C)cc3)CC2)cc1. The summed E-state index contributed by atoms with van der Waals surface area (Å²) in [6, 6.07) is 14.7. The predicted molar refractivity (Wildman–Crippen MR) is 134 cm³/mol. The maximum atomic E-state index is 13.6. The number of nitrogens with zero attached hydrogens (tertiary/aromatic N) is 3. The number of anilines is 1. The molecule has 4 rings (SSSR count). The van der Waals surface area contributed by atoms with Crippen LogP contribution in [-0.4, -0.2) is 69.4 Å². The van der Waals surface area contributed by atoms with Gasteiger partial charge in [-0.05, 0) is 56.2 Å². The Morgan fingerprint density at radius 2 is 1.56 bits per heavy atom. The Hall–Kier alpha value is -2.58. The van der Waals surface area contributed by atoms with E-state index in [0.29, 0.717) is 26.2 Å². The molecule has 0 bridgehead atoms. The lowest BCUT2D eigenvalue weighted by atomic mass is 9.95. The van der Waals surface area contributed by atoms with E-state index in [1.54, 1.807) is 24.1 Å². The summed E-state index contributed by atoms with van der Waals surface area (Å²) < 4.78 is 33.9. The Bertz CT molecular complexity index is 1060. The highest BCUT2D eigenvalue weighted by atomic mass is 32.2. The number of hydrogen-bond donors (Lipinski definition) is 0. The second-order valence-corrected chi connectivity index (χ2v) is 11.1. The van der Waals surface area contributed by atoms with E-state index >= 15 is 0 Å². The standard InChI is InChI=1S/C26H35N3O4S/c1-21-8-14-25(15-9-21)34(31,32)29(23-6-4-3-5-7-23)20-26(30)28-18-16-27(17-19-28)22-10-12-24(33-2)13-11-22/h8-15,23H,3-7,16-20H2,1-2H3. The normalized spacial score (nSPS) is 17.7. The first-order valence-corrected chi connectivity index (χ1v) is 13.6. The van der Waals surface area contributed by atoms with E-state index in [4.69, 9.17) is 4.74 Å². The van der Waals surface area contributed by atoms with Crippen LogP contribution in [0.5, 0.6) is 5.75 Å². The lowest BCUT2D eigenvalue weighted by Crippen LogP contribution is -2.53. The van der Waals surface area contributed by atoms with E-state index in [1.807, 2.05) is 43.3 Å². The smallest absolute Gasteiger partial charge is 0.243 e. The van der Waals surface area contributed by atoms with E-state index in [9.17, 15) is 13.2 Å². The summed E-state index contributed by atoms with van der Waals surface area (Å²) in [4.78, 5) is 17.6. The van der Waals surface area contributed by atoms with Crippen molar-refractivity contribution in [2.45, 2.75) is 50.0 Å². The van der Waals surface area contributed by atoms with E-state index in [-0.39, 0.29) is 23.4 Å². The van der Waals surface area contributed by atoms with Gasteiger partial charge in [0.05, 0.1) is 18.6 Å². The molecule has 34 heavy (non-hydrogen) atoms. The van der Waals surface area contributed by atoms with Crippen LogP contribution < -0.4 is 9.64 Å². The molecule has 0 spiro atoms. The minimum Gasteiger partial charge on any atom is -0.497 e. The number of carbonyl (C=O) groups excluding carboxylic acids is 1. The van der Waals surface area contributed by atoms with Crippen molar-refractivity contribution in [1.82, 2.24) is 9.21 Å². The zero-order chi connectivity index (χ0) is 24.1. The molecule has 0 unspecified atom stereocenters. The molecule has 8 heteroatoms. The van der Waals surface area contributed by atoms with Crippen LogP contribution in [-0.2, 0) is 14.8 Å². The van der Waals surface area contributed by atoms with E-state index in [1.165, 1.54) is 4.31 Å². The Kier molecular flexibility index (Phi) is 7.78. The maximum absolute atomic E-state index is 13.6. The summed E-state index contributed by atoms with van der Waals surface area (Å²) in [6.07, 6.45) is 4.74. The second kappa shape index (κ2) is 10.8. The summed E-state index contributed by atoms with van der Waals surface area (Å²) in [5, 5.41) is 0. The minimum atomic E-state index is -3.75. The molecule has 1 aliphatic heterocycles. The average Bonchev–Trinajstić information content (AvgIpc) is 2.88. The topological polar surface area (TPSA) is 70.2 Å². The molecule has 2 aliphatic rings. The maximum Gasteiger partial charge on any atom is 0.243 e. The van der Waals surface area contributed by atoms with Crippen molar-refractivity contribution in [2.24, 2.45) is 0 Å². The fraction of sp³-hybridized carbons (Fsp3) is 0.500. The number of hydrogen-bond acceptors (Lipinski definition) is 5. The summed E-state index contributed by atoms with van der Waals surface area (Å²) >= 11 is 0. The third-order valence-electron chi connectivity index (χ3n) is 6.97. The summed E-state index contributed by atoms with van der Waals surface area (Å²) in [5.41, 5.74) is 2.10. The third kappa shape index (κ3) is 5.55. The monoisotopic (exact) mass is 485 g/mol. The molecule has 2 aromatic rings. The van der Waals surface area contributed by atoms with Crippen molar-refractivity contribution in [3.8, 4) is 5.75 Å². The molecule has 1 amide bonds. The van der Waals surface area contributed by atoms with Gasteiger partial charge < -0.3 is 14.5 Å². The number of sulfonamides is 1. The van der Waals surface area contributed by atoms with Crippen LogP contribution in [0.1, 0.15) is 37.7 Å². The zero-order valence-corrected chi connectivity index (χ0v) is 21.0. The number of aryl methyl sites for hydroxylation is 1. The Morgan fingerprint density at radius 3 is 2.15 bits per heavy atom. The number of ether oxygens (including phenoxy) is 1. The molecule has 184 valence electrons. The van der Waals surface area contributed by atoms with Gasteiger partial charge in [0.1, 0.15) is 5.75 Å². The van der Waals surface area contributed by atoms with Gasteiger partial charge in [-0.25, -0.2) is 8.42 Å². The van der Waals surface area contributed by atoms with Gasteiger partial charge in [0, 0.05) is 37.9 Å². The van der Waals surface area contributed by atoms with Gasteiger partial charge in [0.25, 0.3) is 0 Å². The van der Waals surface area contributed by atoms with Crippen LogP contribution in [0.15, 0.2) is 53.4 Å². The highest BCUT2D eigenvalue weighted by Crippen LogP contribution is 2.28. The van der Waals surface area contributed by atoms with Crippen LogP contribution >= 0.6 is 0 Å². The van der Waals surface area contributed by atoms with Gasteiger partial charge in [-0.3, -0.25) is 4.79 Å². The largest absolute Gasteiger partial charge is 0.497 e. The van der Waals surface area contributed by atoms with Gasteiger partial charge in [-0.15, -0.1) is 0 Å². The van der Waals surface area contributed by atoms with Gasteiger partial charge in [0.2, 0.25) is 15.9 Å². The lowest BCUT2D eigenvalue weighted by Gasteiger charge is -2.38. The fourth-order valence-corrected chi connectivity index (χ4v) is 6.50. The predicted octanol–water partition coefficient (Wildman–Crippen LogP) is 3.68. The van der Waals surface area contributed by atoms with Crippen LogP contribution in [0.4, 0.5) is 5.69 Å². The van der Waals surface area contributed by atoms with E-state index in [0.717, 1.165) is 49.1 Å². The minimum absolute atomic E-state index is 0.0938. The molecule has 0 aromatic heterocycles. The van der Waals surface area contributed by atoms with Crippen LogP contribution in [0.3, 0.4) is 0 Å². The molecule has 0 atom stereocenters. The van der Waals surface area contributed by atoms with Gasteiger partial charge in [0.15, 0.2) is 0 Å². The van der Waals surface area contributed by atoms with Crippen LogP contribution in [0.2, 0.25) is 0 Å². The molecule has 1 aliphatic carbocycles. The summed E-state index contributed by atoms with van der Waals surface area (Å²) in [7, 11) is -2.10. The van der Waals surface area contributed by atoms with E-state index in [2.05, 4.69) is 4.90 Å². The highest BCUT2D eigenvalue weighted by molar-refractivity contribution is 7.89. The Balaban J connectivity index is 1.45. The van der Waals surface area contributed by atoms with Gasteiger partial charge in [-0.1, -0.05) is 37.0 Å². The number of rotatable bonds is 7. The van der Waals surface area contributed by atoms with Crippen molar-refractivity contribution < 1.29 is 17.9 Å². The summed E-state index contributed by atoms with van der Waals surface area (Å²) in [6.45, 7) is 4.42. The quantitative estimate of drug-likeness (QED) is 0.599. The molecule has 2 aromatic carbocycles. The molecule has 2 fully saturated rings. The second-order valence-electron chi connectivity index (χ2n) is 9.22. The van der Waals surface area contributed by atoms with Crippen LogP contribution in [0.25, 0.3) is 0 Å². The number of amides is 1. The number of carbonyl (C=O) groups is 1. The number of methoxy groups -OCH3 is 1. The molecule has 0 radical (unpaired) electrons. The molecule has 1 saturated heterocycles. The first-order valence-electron chi connectivity index (χ1n) is 12.1. The molecule has 7 nitrogen and oxygen atoms in total. The van der Waals surface area contributed by atoms with E-state index < -0.39 is 10.0 Å². The van der Waals surface area contributed by atoms with Crippen LogP contribution in [0, 0.1) is 6.92 Å². The summed E-state index contributed by atoms with van der Waals surface area (Å²) in [5.74, 6) is 0.700. The lowest BCUT2D eigenvalue weighted by molar-refractivity contribution is -0.132. The molecular formula is C26H35N3O4S. The van der Waals surface area contributed by atoms with Crippen molar-refractivity contribution in [1.29, 1.82) is 0 Å². The zero-order valence-electron chi connectivity index (χ0n) is 20.2. The van der Waals surface area contributed by atoms with Crippen molar-refractivity contribution in [3.63, 3.8) is 0 Å².